The quantitative estimate of drug-likeness (QED) is 0.696. The molecular weight excluding hydrogens is 352 g/mol. The topological polar surface area (TPSA) is 73.3 Å². The summed E-state index contributed by atoms with van der Waals surface area (Å²) in [7, 11) is 1.66. The summed E-state index contributed by atoms with van der Waals surface area (Å²) in [5.41, 5.74) is 1.26. The van der Waals surface area contributed by atoms with E-state index in [4.69, 9.17) is 16.3 Å². The zero-order valence-corrected chi connectivity index (χ0v) is 15.6. The molecule has 138 valence electrons. The summed E-state index contributed by atoms with van der Waals surface area (Å²) in [4.78, 5) is 11.3. The smallest absolute Gasteiger partial charge is 0.176 e. The molecule has 7 nitrogen and oxygen atoms in total. The van der Waals surface area contributed by atoms with E-state index in [-0.39, 0.29) is 24.5 Å². The van der Waals surface area contributed by atoms with Gasteiger partial charge in [0.15, 0.2) is 6.17 Å². The minimum absolute atomic E-state index is 0.139. The summed E-state index contributed by atoms with van der Waals surface area (Å²) in [5.74, 6) is 1.84. The Morgan fingerprint density at radius 1 is 1.35 bits per heavy atom. The number of amidine groups is 1. The highest BCUT2D eigenvalue weighted by Gasteiger charge is 2.35. The summed E-state index contributed by atoms with van der Waals surface area (Å²) in [6.45, 7) is 3.10. The molecule has 0 radical (unpaired) electrons. The highest BCUT2D eigenvalue weighted by molar-refractivity contribution is 6.31. The average Bonchev–Trinajstić information content (AvgIpc) is 2.68. The second-order valence-electron chi connectivity index (χ2n) is 6.61. The molecule has 8 heteroatoms. The molecule has 0 amide bonds. The number of halogens is 1. The van der Waals surface area contributed by atoms with E-state index in [0.29, 0.717) is 5.03 Å². The van der Waals surface area contributed by atoms with Crippen molar-refractivity contribution in [3.05, 3.63) is 47.1 Å². The van der Waals surface area contributed by atoms with Crippen LogP contribution in [0.25, 0.3) is 0 Å². The van der Waals surface area contributed by atoms with Crippen LogP contribution in [-0.2, 0) is 4.74 Å². The van der Waals surface area contributed by atoms with Crippen molar-refractivity contribution in [1.82, 2.24) is 20.9 Å². The molecule has 0 spiro atoms. The first-order valence-corrected chi connectivity index (χ1v) is 9.17. The first-order chi connectivity index (χ1) is 12.7. The van der Waals surface area contributed by atoms with Crippen LogP contribution in [0.2, 0.25) is 0 Å². The van der Waals surface area contributed by atoms with E-state index >= 15 is 0 Å². The summed E-state index contributed by atoms with van der Waals surface area (Å²) in [6.07, 6.45) is 12.0. The predicted octanol–water partition coefficient (Wildman–Crippen LogP) is 1.39. The van der Waals surface area contributed by atoms with Gasteiger partial charge in [-0.25, -0.2) is 4.99 Å². The first kappa shape index (κ1) is 17.2. The van der Waals surface area contributed by atoms with Gasteiger partial charge >= 0.3 is 0 Å². The van der Waals surface area contributed by atoms with Crippen LogP contribution in [0.5, 0.6) is 0 Å². The zero-order valence-electron chi connectivity index (χ0n) is 14.8. The number of piperidine rings is 1. The van der Waals surface area contributed by atoms with E-state index < -0.39 is 0 Å². The number of fused-ring (bicyclic) bond motifs is 1. The van der Waals surface area contributed by atoms with E-state index in [0.717, 1.165) is 24.6 Å². The number of nitrogens with zero attached hydrogens (tertiary/aromatic N) is 3. The van der Waals surface area contributed by atoms with Crippen LogP contribution in [0.3, 0.4) is 0 Å². The number of hydrogen-bond acceptors (Lipinski definition) is 7. The van der Waals surface area contributed by atoms with Crippen LogP contribution < -0.4 is 16.0 Å². The third kappa shape index (κ3) is 3.24. The van der Waals surface area contributed by atoms with E-state index in [1.54, 1.807) is 13.3 Å². The Labute approximate surface area is 158 Å². The SMILES string of the molecule is COC1C=C(Cl)C=C(N2CCC3NC(C4N=CC=CN4)=NC=C3C2C)N1. The first-order valence-electron chi connectivity index (χ1n) is 8.79. The zero-order chi connectivity index (χ0) is 18.1. The largest absolute Gasteiger partial charge is 0.364 e. The molecule has 4 heterocycles. The minimum atomic E-state index is -0.209. The van der Waals surface area contributed by atoms with Crippen molar-refractivity contribution in [1.29, 1.82) is 0 Å². The van der Waals surface area contributed by atoms with Gasteiger partial charge in [0.05, 0.1) is 12.1 Å². The number of aliphatic imine (C=N–C) groups is 2. The van der Waals surface area contributed by atoms with Gasteiger partial charge in [0.2, 0.25) is 0 Å². The lowest BCUT2D eigenvalue weighted by Gasteiger charge is -2.45. The molecular formula is C18H23ClN6O. The van der Waals surface area contributed by atoms with Crippen LogP contribution in [0.15, 0.2) is 57.0 Å². The number of nitrogens with one attached hydrogen (secondary N) is 3. The maximum Gasteiger partial charge on any atom is 0.176 e. The molecule has 26 heavy (non-hydrogen) atoms. The minimum Gasteiger partial charge on any atom is -0.364 e. The van der Waals surface area contributed by atoms with Crippen LogP contribution in [0.4, 0.5) is 0 Å². The lowest BCUT2D eigenvalue weighted by Crippen LogP contribution is -2.56. The van der Waals surface area contributed by atoms with Crippen LogP contribution in [-0.4, -0.2) is 55.1 Å². The van der Waals surface area contributed by atoms with Crippen LogP contribution in [0, 0.1) is 0 Å². The normalized spacial score (nSPS) is 33.0. The molecule has 3 N–H and O–H groups in total. The third-order valence-electron chi connectivity index (χ3n) is 5.06. The Morgan fingerprint density at radius 3 is 3.00 bits per heavy atom. The second-order valence-corrected chi connectivity index (χ2v) is 7.04. The maximum atomic E-state index is 6.26. The Kier molecular flexibility index (Phi) is 4.74. The number of rotatable bonds is 3. The summed E-state index contributed by atoms with van der Waals surface area (Å²) in [5, 5.41) is 10.8. The van der Waals surface area contributed by atoms with Gasteiger partial charge in [-0.2, -0.15) is 0 Å². The summed E-state index contributed by atoms with van der Waals surface area (Å²) in [6, 6.07) is 0.471. The Bertz CT molecular complexity index is 753. The fourth-order valence-electron chi connectivity index (χ4n) is 3.65. The molecule has 0 aromatic carbocycles. The summed E-state index contributed by atoms with van der Waals surface area (Å²) < 4.78 is 5.39. The summed E-state index contributed by atoms with van der Waals surface area (Å²) >= 11 is 6.26. The molecule has 0 aromatic heterocycles. The molecule has 4 atom stereocenters. The van der Waals surface area contributed by atoms with Crippen LogP contribution >= 0.6 is 11.6 Å². The number of methoxy groups -OCH3 is 1. The Morgan fingerprint density at radius 2 is 2.23 bits per heavy atom. The number of ether oxygens (including phenoxy) is 1. The maximum absolute atomic E-state index is 6.26. The highest BCUT2D eigenvalue weighted by Crippen LogP contribution is 2.30. The highest BCUT2D eigenvalue weighted by atomic mass is 35.5. The van der Waals surface area contributed by atoms with Crippen molar-refractivity contribution in [3.8, 4) is 0 Å². The predicted molar refractivity (Wildman–Crippen MR) is 104 cm³/mol. The van der Waals surface area contributed by atoms with E-state index in [1.165, 1.54) is 5.57 Å². The van der Waals surface area contributed by atoms with Gasteiger partial charge in [-0.1, -0.05) is 11.6 Å². The number of hydrogen-bond donors (Lipinski definition) is 3. The molecule has 4 aliphatic rings. The number of allylic oxidation sites excluding steroid dienone is 3. The van der Waals surface area contributed by atoms with Crippen molar-refractivity contribution in [2.75, 3.05) is 13.7 Å². The molecule has 4 aliphatic heterocycles. The van der Waals surface area contributed by atoms with Gasteiger partial charge in [-0.3, -0.25) is 4.99 Å². The molecule has 1 fully saturated rings. The lowest BCUT2D eigenvalue weighted by atomic mass is 9.91. The van der Waals surface area contributed by atoms with E-state index in [1.807, 2.05) is 30.6 Å². The van der Waals surface area contributed by atoms with Crippen molar-refractivity contribution < 1.29 is 4.74 Å². The van der Waals surface area contributed by atoms with Crippen LogP contribution in [0.1, 0.15) is 13.3 Å². The molecule has 0 bridgehead atoms. The Balaban J connectivity index is 1.53. The van der Waals surface area contributed by atoms with Crippen molar-refractivity contribution in [3.63, 3.8) is 0 Å². The van der Waals surface area contributed by atoms with Gasteiger partial charge in [0, 0.05) is 37.3 Å². The molecule has 0 aliphatic carbocycles. The standard InChI is InChI=1S/C18H23ClN6O/c1-11-13-10-22-18(17-20-5-3-6-21-17)23-14(13)4-7-25(11)15-8-12(19)9-16(24-15)26-2/h3,5-6,8-11,14,16-17,20,24H,4,7H2,1-2H3,(H,22,23). The van der Waals surface area contributed by atoms with Crippen molar-refractivity contribution >= 4 is 23.7 Å². The molecule has 0 aromatic rings. The van der Waals surface area contributed by atoms with E-state index in [9.17, 15) is 0 Å². The number of dihydropyridines is 1. The van der Waals surface area contributed by atoms with Gasteiger partial charge in [0.25, 0.3) is 0 Å². The fraction of sp³-hybridized carbons (Fsp3) is 0.444. The van der Waals surface area contributed by atoms with E-state index in [2.05, 4.69) is 37.8 Å². The van der Waals surface area contributed by atoms with Gasteiger partial charge in [0.1, 0.15) is 17.9 Å². The van der Waals surface area contributed by atoms with Gasteiger partial charge in [-0.05, 0) is 37.1 Å². The average molecular weight is 375 g/mol. The molecule has 0 saturated carbocycles. The third-order valence-corrected chi connectivity index (χ3v) is 5.29. The Hall–Kier alpha value is -2.25. The van der Waals surface area contributed by atoms with Crippen molar-refractivity contribution in [2.45, 2.75) is 37.8 Å². The number of likely N-dealkylation sites (tertiary alicyclic amines) is 1. The lowest BCUT2D eigenvalue weighted by molar-refractivity contribution is 0.101. The van der Waals surface area contributed by atoms with Gasteiger partial charge in [-0.15, -0.1) is 0 Å². The van der Waals surface area contributed by atoms with Gasteiger partial charge < -0.3 is 25.6 Å². The molecule has 4 unspecified atom stereocenters. The monoisotopic (exact) mass is 374 g/mol. The van der Waals surface area contributed by atoms with Crippen molar-refractivity contribution in [2.24, 2.45) is 9.98 Å². The molecule has 1 saturated heterocycles. The molecule has 4 rings (SSSR count). The second kappa shape index (κ2) is 7.17. The fourth-order valence-corrected chi connectivity index (χ4v) is 3.87.